The molecule has 1 unspecified atom stereocenters. The Kier molecular flexibility index (Phi) is 5.02. The van der Waals surface area contributed by atoms with Gasteiger partial charge in [0.2, 0.25) is 0 Å². The van der Waals surface area contributed by atoms with Gasteiger partial charge >= 0.3 is 0 Å². The van der Waals surface area contributed by atoms with Gasteiger partial charge in [0, 0.05) is 28.5 Å². The van der Waals surface area contributed by atoms with E-state index >= 15 is 0 Å². The zero-order chi connectivity index (χ0) is 14.9. The minimum atomic E-state index is -1.41. The molecule has 0 aromatic rings. The second kappa shape index (κ2) is 5.32. The highest BCUT2D eigenvalue weighted by Crippen LogP contribution is 2.81. The van der Waals surface area contributed by atoms with Crippen LogP contribution in [0, 0.1) is 16.7 Å². The molecule has 9 heteroatoms. The van der Waals surface area contributed by atoms with Crippen LogP contribution < -0.4 is 0 Å². The molecule has 0 heterocycles. The molecule has 2 fully saturated rings. The lowest BCUT2D eigenvalue weighted by Crippen LogP contribution is -2.53. The molecule has 0 saturated heterocycles. The molecule has 2 aliphatic carbocycles. The van der Waals surface area contributed by atoms with Crippen molar-refractivity contribution in [3.8, 4) is 0 Å². The smallest absolute Gasteiger partial charge is 0.126 e. The molecule has 2 saturated carbocycles. The minimum Gasteiger partial charge on any atom is -0.126 e. The molecular weight excluding hydrogens is 439 g/mol. The highest BCUT2D eigenvalue weighted by molar-refractivity contribution is 6.58. The van der Waals surface area contributed by atoms with Crippen LogP contribution in [-0.4, -0.2) is 30.6 Å². The van der Waals surface area contributed by atoms with Crippen molar-refractivity contribution in [2.75, 3.05) is 11.8 Å². The molecule has 0 aliphatic heterocycles. The predicted octanol–water partition coefficient (Wildman–Crippen LogP) is 6.23. The molecule has 0 radical (unpaired) electrons. The van der Waals surface area contributed by atoms with Crippen molar-refractivity contribution >= 4 is 104 Å². The Balaban J connectivity index is 2.74. The largest absolute Gasteiger partial charge is 0.143 e. The number of fused-ring (bicyclic) bond motifs is 2. The molecule has 2 rings (SSSR count). The maximum Gasteiger partial charge on any atom is 0.143 e. The first-order valence-corrected chi connectivity index (χ1v) is 9.24. The van der Waals surface area contributed by atoms with Gasteiger partial charge in [0.15, 0.2) is 0 Å². The van der Waals surface area contributed by atoms with E-state index in [1.807, 2.05) is 0 Å². The van der Waals surface area contributed by atoms with E-state index < -0.39 is 35.6 Å². The van der Waals surface area contributed by atoms with E-state index in [-0.39, 0.29) is 18.2 Å². The van der Waals surface area contributed by atoms with Crippen molar-refractivity contribution in [1.82, 2.24) is 0 Å². The molecular formula is C10H9Cl9. The van der Waals surface area contributed by atoms with E-state index in [0.29, 0.717) is 0 Å². The van der Waals surface area contributed by atoms with Gasteiger partial charge in [-0.05, 0) is 6.42 Å². The average Bonchev–Trinajstić information content (AvgIpc) is 2.60. The van der Waals surface area contributed by atoms with Crippen LogP contribution in [0.3, 0.4) is 0 Å². The minimum absolute atomic E-state index is 0.114. The maximum absolute atomic E-state index is 6.47. The summed E-state index contributed by atoms with van der Waals surface area (Å²) in [7, 11) is 0. The number of rotatable bonds is 3. The van der Waals surface area contributed by atoms with Gasteiger partial charge in [0.25, 0.3) is 0 Å². The Morgan fingerprint density at radius 3 is 1.79 bits per heavy atom. The first kappa shape index (κ1) is 18.0. The fourth-order valence-corrected chi connectivity index (χ4v) is 8.72. The molecule has 0 nitrogen and oxygen atoms in total. The molecule has 3 atom stereocenters. The van der Waals surface area contributed by atoms with Gasteiger partial charge < -0.3 is 0 Å². The first-order valence-electron chi connectivity index (χ1n) is 5.35. The van der Waals surface area contributed by atoms with Crippen LogP contribution in [0.25, 0.3) is 0 Å². The third-order valence-electron chi connectivity index (χ3n) is 4.54. The lowest BCUT2D eigenvalue weighted by molar-refractivity contribution is 0.145. The molecule has 0 aromatic heterocycles. The van der Waals surface area contributed by atoms with Crippen LogP contribution in [0.15, 0.2) is 0 Å². The lowest BCUT2D eigenvalue weighted by Gasteiger charge is -2.47. The van der Waals surface area contributed by atoms with Gasteiger partial charge in [-0.15, -0.1) is 81.2 Å². The molecule has 0 aromatic carbocycles. The van der Waals surface area contributed by atoms with Crippen LogP contribution in [0.2, 0.25) is 0 Å². The molecule has 0 spiro atoms. The second-order valence-electron chi connectivity index (χ2n) is 5.14. The van der Waals surface area contributed by atoms with Crippen molar-refractivity contribution in [2.45, 2.75) is 25.3 Å². The fraction of sp³-hybridized carbons (Fsp3) is 1.00. The van der Waals surface area contributed by atoms with Crippen LogP contribution in [0.1, 0.15) is 6.42 Å². The Labute approximate surface area is 157 Å². The number of hydrogen-bond donors (Lipinski definition) is 0. The predicted molar refractivity (Wildman–Crippen MR) is 88.4 cm³/mol. The van der Waals surface area contributed by atoms with Crippen LogP contribution >= 0.6 is 104 Å². The van der Waals surface area contributed by atoms with Gasteiger partial charge in [-0.25, -0.2) is 0 Å². The summed E-state index contributed by atoms with van der Waals surface area (Å²) in [5.41, 5.74) is -1.90. The average molecular weight is 448 g/mol. The lowest BCUT2D eigenvalue weighted by atomic mass is 9.70. The van der Waals surface area contributed by atoms with E-state index in [2.05, 4.69) is 0 Å². The SMILES string of the molecule is ClCC1(CCl)[C@@H]2[C@H](Cl)C(Cl)(Cl)C1(C(Cl)Cl)CC2(Cl)Cl. The Morgan fingerprint density at radius 2 is 1.47 bits per heavy atom. The van der Waals surface area contributed by atoms with Crippen LogP contribution in [0.4, 0.5) is 0 Å². The van der Waals surface area contributed by atoms with E-state index in [1.165, 1.54) is 0 Å². The Hall–Kier alpha value is 2.61. The van der Waals surface area contributed by atoms with Crippen molar-refractivity contribution in [1.29, 1.82) is 0 Å². The van der Waals surface area contributed by atoms with E-state index in [0.717, 1.165) is 0 Å². The quantitative estimate of drug-likeness (QED) is 0.449. The zero-order valence-corrected chi connectivity index (χ0v) is 16.1. The summed E-state index contributed by atoms with van der Waals surface area (Å²) < 4.78 is -2.59. The third kappa shape index (κ3) is 1.94. The summed E-state index contributed by atoms with van der Waals surface area (Å²) >= 11 is 56.8. The number of halogens is 9. The maximum atomic E-state index is 6.47. The fourth-order valence-electron chi connectivity index (χ4n) is 3.62. The Bertz CT molecular complexity index is 375. The standard InChI is InChI=1S/C10H9Cl9/c11-2-7(3-12)4-5(13)10(18,19)8(7,6(14)15)1-9(4,16)17/h4-6H,1-3H2/t4-,5-,8?/m0/s1. The number of alkyl halides is 9. The van der Waals surface area contributed by atoms with Gasteiger partial charge in [0.1, 0.15) is 13.5 Å². The molecule has 112 valence electrons. The van der Waals surface area contributed by atoms with E-state index in [1.54, 1.807) is 0 Å². The van der Waals surface area contributed by atoms with Gasteiger partial charge in [-0.1, -0.05) is 23.2 Å². The molecule has 0 amide bonds. The third-order valence-corrected chi connectivity index (χ3v) is 8.92. The second-order valence-corrected chi connectivity index (χ2v) is 10.2. The summed E-state index contributed by atoms with van der Waals surface area (Å²) in [5, 5.41) is -0.753. The molecule has 0 N–H and O–H groups in total. The summed E-state index contributed by atoms with van der Waals surface area (Å²) in [6.07, 6.45) is 0.182. The monoisotopic (exact) mass is 444 g/mol. The van der Waals surface area contributed by atoms with Crippen LogP contribution in [-0.2, 0) is 0 Å². The van der Waals surface area contributed by atoms with E-state index in [4.69, 9.17) is 104 Å². The highest BCUT2D eigenvalue weighted by atomic mass is 35.5. The number of hydrogen-bond acceptors (Lipinski definition) is 0. The van der Waals surface area contributed by atoms with Gasteiger partial charge in [-0.3, -0.25) is 0 Å². The van der Waals surface area contributed by atoms with Crippen molar-refractivity contribution in [2.24, 2.45) is 16.7 Å². The normalized spacial score (nSPS) is 42.0. The van der Waals surface area contributed by atoms with Crippen LogP contribution in [0.5, 0.6) is 0 Å². The molecule has 2 bridgehead atoms. The van der Waals surface area contributed by atoms with E-state index in [9.17, 15) is 0 Å². The van der Waals surface area contributed by atoms with Crippen molar-refractivity contribution in [3.63, 3.8) is 0 Å². The molecule has 19 heavy (non-hydrogen) atoms. The van der Waals surface area contributed by atoms with Gasteiger partial charge in [0.05, 0.1) is 5.38 Å². The summed E-state index contributed by atoms with van der Waals surface area (Å²) in [6, 6.07) is 0. The van der Waals surface area contributed by atoms with Crippen molar-refractivity contribution in [3.05, 3.63) is 0 Å². The Morgan fingerprint density at radius 1 is 1.00 bits per heavy atom. The van der Waals surface area contributed by atoms with Gasteiger partial charge in [-0.2, -0.15) is 0 Å². The summed E-state index contributed by atoms with van der Waals surface area (Å²) in [6.45, 7) is 0. The summed E-state index contributed by atoms with van der Waals surface area (Å²) in [5.74, 6) is -0.277. The molecule has 2 aliphatic rings. The van der Waals surface area contributed by atoms with Crippen molar-refractivity contribution < 1.29 is 0 Å². The topological polar surface area (TPSA) is 0 Å². The first-order chi connectivity index (χ1) is 8.55. The highest BCUT2D eigenvalue weighted by Gasteiger charge is 2.85. The zero-order valence-electron chi connectivity index (χ0n) is 9.26. The summed E-state index contributed by atoms with van der Waals surface area (Å²) in [4.78, 5) is -0.953.